The Morgan fingerprint density at radius 2 is 1.74 bits per heavy atom. The Hall–Kier alpha value is -2.18. The van der Waals surface area contributed by atoms with Crippen LogP contribution in [0.15, 0.2) is 35.2 Å². The number of likely N-dealkylation sites (tertiary alicyclic amines) is 1. The number of nitrogens with zero attached hydrogens (tertiary/aromatic N) is 2. The van der Waals surface area contributed by atoms with E-state index in [1.807, 2.05) is 6.07 Å². The number of halogens is 3. The lowest BCUT2D eigenvalue weighted by Crippen LogP contribution is -2.56. The molecule has 0 aliphatic carbocycles. The minimum absolute atomic E-state index is 0.0597. The maximum absolute atomic E-state index is 12.9. The van der Waals surface area contributed by atoms with E-state index in [0.29, 0.717) is 42.7 Å². The third kappa shape index (κ3) is 6.15. The normalized spacial score (nSPS) is 24.7. The highest BCUT2D eigenvalue weighted by Crippen LogP contribution is 2.44. The van der Waals surface area contributed by atoms with E-state index in [-0.39, 0.29) is 17.4 Å². The van der Waals surface area contributed by atoms with Crippen molar-refractivity contribution in [2.75, 3.05) is 32.7 Å². The molecule has 2 N–H and O–H groups in total. The summed E-state index contributed by atoms with van der Waals surface area (Å²) >= 11 is 0. The zero-order chi connectivity index (χ0) is 26.0. The van der Waals surface area contributed by atoms with Crippen LogP contribution >= 0.6 is 0 Å². The summed E-state index contributed by atoms with van der Waals surface area (Å²) in [5.74, 6) is -1.57. The van der Waals surface area contributed by atoms with Crippen LogP contribution in [-0.4, -0.2) is 79.0 Å². The van der Waals surface area contributed by atoms with Gasteiger partial charge in [0, 0.05) is 37.6 Å². The average molecular weight is 520 g/mol. The molecule has 0 saturated carbocycles. The number of hydrogen-bond acceptors (Lipinski definition) is 5. The topological polar surface area (TPSA) is 107 Å². The largest absolute Gasteiger partial charge is 0.490 e. The van der Waals surface area contributed by atoms with Gasteiger partial charge in [-0.1, -0.05) is 32.0 Å². The Kier molecular flexibility index (Phi) is 8.17. The molecule has 8 nitrogen and oxygen atoms in total. The predicted octanol–water partition coefficient (Wildman–Crippen LogP) is 2.57. The third-order valence-corrected chi connectivity index (χ3v) is 8.99. The van der Waals surface area contributed by atoms with E-state index < -0.39 is 22.2 Å². The predicted molar refractivity (Wildman–Crippen MR) is 122 cm³/mol. The number of hydrogen-bond donors (Lipinski definition) is 2. The van der Waals surface area contributed by atoms with Crippen LogP contribution in [-0.2, 0) is 19.6 Å². The molecule has 196 valence electrons. The fourth-order valence-corrected chi connectivity index (χ4v) is 6.59. The first-order valence-electron chi connectivity index (χ1n) is 11.7. The van der Waals surface area contributed by atoms with Crippen molar-refractivity contribution in [1.29, 1.82) is 0 Å². The van der Waals surface area contributed by atoms with Crippen LogP contribution in [0.4, 0.5) is 13.2 Å². The average Bonchev–Trinajstić information content (AvgIpc) is 3.33. The number of carbonyl (C=O) groups excluding carboxylic acids is 1. The Bertz CT molecular complexity index is 1010. The van der Waals surface area contributed by atoms with Crippen molar-refractivity contribution in [3.63, 3.8) is 0 Å². The molecule has 3 fully saturated rings. The molecule has 3 aliphatic heterocycles. The van der Waals surface area contributed by atoms with E-state index in [4.69, 9.17) is 9.90 Å². The number of piperidine rings is 1. The molecule has 4 rings (SSSR count). The summed E-state index contributed by atoms with van der Waals surface area (Å²) in [5, 5.41) is 10.4. The van der Waals surface area contributed by atoms with Gasteiger partial charge in [0.15, 0.2) is 0 Å². The van der Waals surface area contributed by atoms with Crippen molar-refractivity contribution in [2.24, 2.45) is 17.8 Å². The highest BCUT2D eigenvalue weighted by atomic mass is 32.2. The molecular weight excluding hydrogens is 487 g/mol. The summed E-state index contributed by atoms with van der Waals surface area (Å²) in [7, 11) is -3.46. The third-order valence-electron chi connectivity index (χ3n) is 7.07. The zero-order valence-electron chi connectivity index (χ0n) is 19.8. The number of sulfonamides is 1. The van der Waals surface area contributed by atoms with Gasteiger partial charge < -0.3 is 15.3 Å². The summed E-state index contributed by atoms with van der Waals surface area (Å²) in [6.07, 6.45) is -2.54. The van der Waals surface area contributed by atoms with Crippen LogP contribution in [0.3, 0.4) is 0 Å². The molecule has 1 spiro atoms. The number of aliphatic carboxylic acids is 1. The second-order valence-corrected chi connectivity index (χ2v) is 11.8. The van der Waals surface area contributed by atoms with Gasteiger partial charge in [-0.05, 0) is 43.9 Å². The van der Waals surface area contributed by atoms with Crippen LogP contribution in [0.25, 0.3) is 0 Å². The molecular formula is C23H32F3N3O5S. The summed E-state index contributed by atoms with van der Waals surface area (Å²) < 4.78 is 59.1. The number of carbonyl (C=O) groups is 2. The maximum Gasteiger partial charge on any atom is 0.490 e. The first-order valence-corrected chi connectivity index (χ1v) is 13.1. The highest BCUT2D eigenvalue weighted by Gasteiger charge is 2.57. The second kappa shape index (κ2) is 10.4. The molecule has 3 saturated heterocycles. The molecule has 3 aliphatic rings. The van der Waals surface area contributed by atoms with Crippen LogP contribution in [0.5, 0.6) is 0 Å². The summed E-state index contributed by atoms with van der Waals surface area (Å²) in [4.78, 5) is 24.3. The highest BCUT2D eigenvalue weighted by molar-refractivity contribution is 7.89. The lowest BCUT2D eigenvalue weighted by molar-refractivity contribution is -0.192. The summed E-state index contributed by atoms with van der Waals surface area (Å²) in [6, 6.07) is 8.63. The van der Waals surface area contributed by atoms with Gasteiger partial charge in [-0.2, -0.15) is 17.5 Å². The first-order chi connectivity index (χ1) is 16.3. The lowest BCUT2D eigenvalue weighted by Gasteiger charge is -2.42. The molecule has 0 unspecified atom stereocenters. The molecule has 2 atom stereocenters. The van der Waals surface area contributed by atoms with Crippen LogP contribution < -0.4 is 5.32 Å². The maximum atomic E-state index is 12.9. The van der Waals surface area contributed by atoms with E-state index in [2.05, 4.69) is 24.1 Å². The Balaban J connectivity index is 0.000000429. The van der Waals surface area contributed by atoms with Crippen LogP contribution in [0, 0.1) is 17.8 Å². The van der Waals surface area contributed by atoms with Gasteiger partial charge in [0.25, 0.3) is 0 Å². The van der Waals surface area contributed by atoms with Crippen molar-refractivity contribution in [2.45, 2.75) is 49.7 Å². The number of carboxylic acid groups (broad SMARTS) is 1. The summed E-state index contributed by atoms with van der Waals surface area (Å²) in [6.45, 7) is 8.22. The number of alkyl halides is 3. The van der Waals surface area contributed by atoms with Crippen molar-refractivity contribution in [3.05, 3.63) is 30.3 Å². The monoisotopic (exact) mass is 519 g/mol. The van der Waals surface area contributed by atoms with Gasteiger partial charge >= 0.3 is 12.1 Å². The Morgan fingerprint density at radius 3 is 2.26 bits per heavy atom. The molecule has 1 aromatic rings. The number of rotatable bonds is 5. The smallest absolute Gasteiger partial charge is 0.475 e. The zero-order valence-corrected chi connectivity index (χ0v) is 20.6. The van der Waals surface area contributed by atoms with Crippen molar-refractivity contribution in [1.82, 2.24) is 14.5 Å². The second-order valence-electron chi connectivity index (χ2n) is 9.82. The molecule has 3 heterocycles. The molecule has 1 amide bonds. The fraction of sp³-hybridized carbons (Fsp3) is 0.652. The van der Waals surface area contributed by atoms with Gasteiger partial charge in [0.1, 0.15) is 0 Å². The number of nitrogens with one attached hydrogen (secondary N) is 1. The van der Waals surface area contributed by atoms with Gasteiger partial charge in [-0.15, -0.1) is 0 Å². The molecule has 12 heteroatoms. The summed E-state index contributed by atoms with van der Waals surface area (Å²) in [5.41, 5.74) is -0.239. The minimum atomic E-state index is -5.08. The SMILES string of the molecule is CC(C)CCN1C[C@H]2C(=O)NC3(CCN(S(=O)(=O)c4ccccc4)CC3)[C@H]2C1.O=C(O)C(F)(F)F. The Morgan fingerprint density at radius 1 is 1.17 bits per heavy atom. The number of amides is 1. The first kappa shape index (κ1) is 27.4. The molecule has 0 bridgehead atoms. The number of benzene rings is 1. The van der Waals surface area contributed by atoms with E-state index in [9.17, 15) is 26.4 Å². The van der Waals surface area contributed by atoms with Crippen LogP contribution in [0.1, 0.15) is 33.1 Å². The van der Waals surface area contributed by atoms with E-state index >= 15 is 0 Å². The standard InChI is InChI=1S/C21H31N3O3S.C2HF3O2/c1-16(2)8-11-23-14-18-19(15-23)21(22-20(18)25)9-12-24(13-10-21)28(26,27)17-6-4-3-5-7-17;3-2(4,5)1(6)7/h3-7,16,18-19H,8-15H2,1-2H3,(H,22,25);(H,6,7)/t18-,19+;/m1./s1. The number of carboxylic acids is 1. The van der Waals surface area contributed by atoms with Crippen molar-refractivity contribution < 1.29 is 36.3 Å². The molecule has 0 aromatic heterocycles. The van der Waals surface area contributed by atoms with Crippen molar-refractivity contribution >= 4 is 21.9 Å². The van der Waals surface area contributed by atoms with E-state index in [1.165, 1.54) is 0 Å². The lowest BCUT2D eigenvalue weighted by atomic mass is 9.76. The quantitative estimate of drug-likeness (QED) is 0.619. The minimum Gasteiger partial charge on any atom is -0.475 e. The van der Waals surface area contributed by atoms with Gasteiger partial charge in [0.05, 0.1) is 10.8 Å². The molecule has 1 aromatic carbocycles. The Labute approximate surface area is 203 Å². The van der Waals surface area contributed by atoms with Gasteiger partial charge in [-0.3, -0.25) is 4.79 Å². The van der Waals surface area contributed by atoms with Crippen molar-refractivity contribution in [3.8, 4) is 0 Å². The van der Waals surface area contributed by atoms with Crippen LogP contribution in [0.2, 0.25) is 0 Å². The van der Waals surface area contributed by atoms with E-state index in [0.717, 1.165) is 26.1 Å². The van der Waals surface area contributed by atoms with Gasteiger partial charge in [0.2, 0.25) is 15.9 Å². The number of fused-ring (bicyclic) bond motifs is 2. The molecule has 35 heavy (non-hydrogen) atoms. The fourth-order valence-electron chi connectivity index (χ4n) is 5.13. The van der Waals surface area contributed by atoms with E-state index in [1.54, 1.807) is 28.6 Å². The van der Waals surface area contributed by atoms with Gasteiger partial charge in [-0.25, -0.2) is 13.2 Å². The molecule has 0 radical (unpaired) electrons.